The highest BCUT2D eigenvalue weighted by Crippen LogP contribution is 2.21. The summed E-state index contributed by atoms with van der Waals surface area (Å²) in [4.78, 5) is 26.7. The number of carbonyl (C=O) groups excluding carboxylic acids is 1. The minimum atomic E-state index is 0.0194. The number of nitrogens with zero attached hydrogens (tertiary/aromatic N) is 5. The lowest BCUT2D eigenvalue weighted by Gasteiger charge is -2.33. The van der Waals surface area contributed by atoms with E-state index in [1.807, 2.05) is 29.8 Å². The summed E-state index contributed by atoms with van der Waals surface area (Å²) < 4.78 is 5.28. The summed E-state index contributed by atoms with van der Waals surface area (Å²) in [5, 5.41) is 8.96. The average Bonchev–Trinajstić information content (AvgIpc) is 3.45. The first-order chi connectivity index (χ1) is 14.7. The topological polar surface area (TPSA) is 87.4 Å². The first kappa shape index (κ1) is 20.5. The van der Waals surface area contributed by atoms with Crippen LogP contribution in [0.4, 0.5) is 5.82 Å². The van der Waals surface area contributed by atoms with Crippen molar-refractivity contribution in [2.24, 2.45) is 0 Å². The van der Waals surface area contributed by atoms with E-state index in [-0.39, 0.29) is 5.91 Å². The van der Waals surface area contributed by atoms with Crippen LogP contribution < -0.4 is 10.2 Å². The third-order valence-electron chi connectivity index (χ3n) is 5.13. The molecule has 4 rings (SSSR count). The van der Waals surface area contributed by atoms with Gasteiger partial charge in [0.1, 0.15) is 5.82 Å². The number of anilines is 1. The summed E-state index contributed by atoms with van der Waals surface area (Å²) in [7, 11) is 2.14. The van der Waals surface area contributed by atoms with Crippen molar-refractivity contribution in [3.05, 3.63) is 47.3 Å². The third kappa shape index (κ3) is 5.43. The van der Waals surface area contributed by atoms with Crippen LogP contribution in [-0.2, 0) is 17.8 Å². The van der Waals surface area contributed by atoms with Gasteiger partial charge in [0.15, 0.2) is 0 Å². The number of hydrogen-bond acceptors (Lipinski definition) is 8. The SMILES string of the molecule is CN1CCN(c2cc(CNC(=O)CCCc3nc(-c4cccs4)no3)ccn2)CC1. The molecule has 0 unspecified atom stereocenters. The monoisotopic (exact) mass is 426 g/mol. The van der Waals surface area contributed by atoms with E-state index in [0.717, 1.165) is 42.4 Å². The lowest BCUT2D eigenvalue weighted by Crippen LogP contribution is -2.44. The largest absolute Gasteiger partial charge is 0.354 e. The molecule has 0 bridgehead atoms. The summed E-state index contributed by atoms with van der Waals surface area (Å²) in [6.07, 6.45) is 3.50. The smallest absolute Gasteiger partial charge is 0.226 e. The molecule has 158 valence electrons. The highest BCUT2D eigenvalue weighted by Gasteiger charge is 2.15. The fourth-order valence-electron chi connectivity index (χ4n) is 3.33. The molecular formula is C21H26N6O2S. The Labute approximate surface area is 179 Å². The number of nitrogens with one attached hydrogen (secondary N) is 1. The van der Waals surface area contributed by atoms with Crippen LogP contribution in [0.2, 0.25) is 0 Å². The molecule has 0 radical (unpaired) electrons. The van der Waals surface area contributed by atoms with Gasteiger partial charge in [-0.1, -0.05) is 11.2 Å². The molecule has 0 saturated carbocycles. The minimum absolute atomic E-state index is 0.0194. The third-order valence-corrected chi connectivity index (χ3v) is 6.00. The Kier molecular flexibility index (Phi) is 6.70. The molecule has 1 amide bonds. The lowest BCUT2D eigenvalue weighted by atomic mass is 10.2. The van der Waals surface area contributed by atoms with Gasteiger partial charge in [0.25, 0.3) is 0 Å². The van der Waals surface area contributed by atoms with Gasteiger partial charge in [0, 0.05) is 51.8 Å². The maximum Gasteiger partial charge on any atom is 0.226 e. The molecular weight excluding hydrogens is 400 g/mol. The first-order valence-electron chi connectivity index (χ1n) is 10.2. The maximum absolute atomic E-state index is 12.2. The van der Waals surface area contributed by atoms with Gasteiger partial charge in [0.2, 0.25) is 17.6 Å². The molecule has 0 aliphatic carbocycles. The first-order valence-corrected chi connectivity index (χ1v) is 11.1. The Balaban J connectivity index is 1.20. The second kappa shape index (κ2) is 9.82. The van der Waals surface area contributed by atoms with Gasteiger partial charge in [0.05, 0.1) is 4.88 Å². The predicted molar refractivity (Wildman–Crippen MR) is 116 cm³/mol. The molecule has 3 aromatic heterocycles. The number of piperazine rings is 1. The maximum atomic E-state index is 12.2. The van der Waals surface area contributed by atoms with E-state index < -0.39 is 0 Å². The van der Waals surface area contributed by atoms with E-state index in [9.17, 15) is 4.79 Å². The summed E-state index contributed by atoms with van der Waals surface area (Å²) in [6.45, 7) is 4.53. The van der Waals surface area contributed by atoms with E-state index >= 15 is 0 Å². The summed E-state index contributed by atoms with van der Waals surface area (Å²) in [5.41, 5.74) is 1.06. The van der Waals surface area contributed by atoms with Crippen molar-refractivity contribution in [2.75, 3.05) is 38.1 Å². The fraction of sp³-hybridized carbons (Fsp3) is 0.429. The average molecular weight is 427 g/mol. The van der Waals surface area contributed by atoms with Crippen molar-refractivity contribution >= 4 is 23.1 Å². The second-order valence-corrected chi connectivity index (χ2v) is 8.38. The number of hydrogen-bond donors (Lipinski definition) is 1. The zero-order chi connectivity index (χ0) is 20.8. The van der Waals surface area contributed by atoms with E-state index in [0.29, 0.717) is 37.5 Å². The second-order valence-electron chi connectivity index (χ2n) is 7.43. The van der Waals surface area contributed by atoms with Crippen LogP contribution >= 0.6 is 11.3 Å². The quantitative estimate of drug-likeness (QED) is 0.592. The molecule has 1 N–H and O–H groups in total. The molecule has 1 saturated heterocycles. The number of aromatic nitrogens is 3. The van der Waals surface area contributed by atoms with Crippen LogP contribution in [0.5, 0.6) is 0 Å². The van der Waals surface area contributed by atoms with Crippen molar-refractivity contribution in [3.8, 4) is 10.7 Å². The molecule has 30 heavy (non-hydrogen) atoms. The van der Waals surface area contributed by atoms with Gasteiger partial charge in [-0.05, 0) is 42.6 Å². The number of rotatable bonds is 8. The molecule has 8 nitrogen and oxygen atoms in total. The molecule has 9 heteroatoms. The van der Waals surface area contributed by atoms with E-state index in [4.69, 9.17) is 4.52 Å². The Morgan fingerprint density at radius 1 is 1.27 bits per heavy atom. The standard InChI is InChI=1S/C21H26N6O2S/c1-26-9-11-27(12-10-26)18-14-16(7-8-22-18)15-23-19(28)5-2-6-20-24-21(25-29-20)17-4-3-13-30-17/h3-4,7-8,13-14H,2,5-6,9-12,15H2,1H3,(H,23,28). The Bertz CT molecular complexity index is 950. The van der Waals surface area contributed by atoms with Gasteiger partial charge in [-0.15, -0.1) is 11.3 Å². The van der Waals surface area contributed by atoms with E-state index in [2.05, 4.69) is 43.4 Å². The normalized spacial score (nSPS) is 14.8. The van der Waals surface area contributed by atoms with Crippen LogP contribution in [0, 0.1) is 0 Å². The number of aryl methyl sites for hydroxylation is 1. The van der Waals surface area contributed by atoms with Crippen LogP contribution in [-0.4, -0.2) is 59.2 Å². The van der Waals surface area contributed by atoms with Gasteiger partial charge < -0.3 is 19.6 Å². The van der Waals surface area contributed by atoms with E-state index in [1.54, 1.807) is 11.3 Å². The highest BCUT2D eigenvalue weighted by molar-refractivity contribution is 7.13. The van der Waals surface area contributed by atoms with Gasteiger partial charge >= 0.3 is 0 Å². The van der Waals surface area contributed by atoms with Crippen LogP contribution in [0.15, 0.2) is 40.4 Å². The van der Waals surface area contributed by atoms with Crippen molar-refractivity contribution < 1.29 is 9.32 Å². The van der Waals surface area contributed by atoms with E-state index in [1.165, 1.54) is 0 Å². The number of likely N-dealkylation sites (N-methyl/N-ethyl adjacent to an activating group) is 1. The zero-order valence-electron chi connectivity index (χ0n) is 17.1. The zero-order valence-corrected chi connectivity index (χ0v) is 17.9. The number of thiophene rings is 1. The van der Waals surface area contributed by atoms with Gasteiger partial charge in [-0.2, -0.15) is 4.98 Å². The molecule has 0 aromatic carbocycles. The van der Waals surface area contributed by atoms with Crippen molar-refractivity contribution in [1.82, 2.24) is 25.3 Å². The van der Waals surface area contributed by atoms with Crippen LogP contribution in [0.25, 0.3) is 10.7 Å². The van der Waals surface area contributed by atoms with Crippen molar-refractivity contribution in [2.45, 2.75) is 25.8 Å². The van der Waals surface area contributed by atoms with Crippen LogP contribution in [0.3, 0.4) is 0 Å². The number of amides is 1. The molecule has 1 fully saturated rings. The molecule has 1 aliphatic heterocycles. The highest BCUT2D eigenvalue weighted by atomic mass is 32.1. The van der Waals surface area contributed by atoms with Gasteiger partial charge in [-0.3, -0.25) is 4.79 Å². The lowest BCUT2D eigenvalue weighted by molar-refractivity contribution is -0.121. The molecule has 1 aliphatic rings. The molecule has 0 atom stereocenters. The van der Waals surface area contributed by atoms with Crippen molar-refractivity contribution in [3.63, 3.8) is 0 Å². The fourth-order valence-corrected chi connectivity index (χ4v) is 3.98. The Morgan fingerprint density at radius 3 is 2.93 bits per heavy atom. The molecule has 3 aromatic rings. The van der Waals surface area contributed by atoms with Gasteiger partial charge in [-0.25, -0.2) is 4.98 Å². The predicted octanol–water partition coefficient (Wildman–Crippen LogP) is 2.58. The molecule has 4 heterocycles. The molecule has 0 spiro atoms. The van der Waals surface area contributed by atoms with Crippen LogP contribution in [0.1, 0.15) is 24.3 Å². The number of carbonyl (C=O) groups is 1. The number of pyridine rings is 1. The minimum Gasteiger partial charge on any atom is -0.354 e. The Morgan fingerprint density at radius 2 is 2.13 bits per heavy atom. The van der Waals surface area contributed by atoms with Crippen molar-refractivity contribution in [1.29, 1.82) is 0 Å². The summed E-state index contributed by atoms with van der Waals surface area (Å²) in [6, 6.07) is 7.93. The Hall–Kier alpha value is -2.78. The summed E-state index contributed by atoms with van der Waals surface area (Å²) >= 11 is 1.57. The summed E-state index contributed by atoms with van der Waals surface area (Å²) in [5.74, 6) is 2.18.